The quantitative estimate of drug-likeness (QED) is 0.254. The smallest absolute Gasteiger partial charge is 0.271 e. The van der Waals surface area contributed by atoms with Crippen LogP contribution in [0.25, 0.3) is 10.8 Å². The van der Waals surface area contributed by atoms with Crippen molar-refractivity contribution in [2.45, 2.75) is 6.61 Å². The van der Waals surface area contributed by atoms with Crippen LogP contribution in [-0.2, 0) is 6.61 Å². The van der Waals surface area contributed by atoms with Crippen LogP contribution < -0.4 is 11.2 Å². The number of rotatable bonds is 4. The molecule has 0 unspecified atom stereocenters. The molecule has 0 fully saturated rings. The summed E-state index contributed by atoms with van der Waals surface area (Å²) in [5.41, 5.74) is 10.1. The number of hydrazone groups is 1. The second-order valence-electron chi connectivity index (χ2n) is 5.49. The molecule has 0 saturated heterocycles. The minimum atomic E-state index is -0.431. The number of hydrogen-bond acceptors (Lipinski definition) is 5. The first-order valence-electron chi connectivity index (χ1n) is 7.63. The van der Waals surface area contributed by atoms with Crippen molar-refractivity contribution < 1.29 is 15.0 Å². The van der Waals surface area contributed by atoms with Crippen molar-refractivity contribution in [2.75, 3.05) is 5.73 Å². The molecular formula is C19H17N3O3. The number of nitrogens with zero attached hydrogens (tertiary/aromatic N) is 1. The van der Waals surface area contributed by atoms with E-state index in [1.165, 1.54) is 18.2 Å². The minimum absolute atomic E-state index is 0.0447. The number of phenols is 1. The zero-order valence-electron chi connectivity index (χ0n) is 13.3. The van der Waals surface area contributed by atoms with Crippen molar-refractivity contribution in [1.29, 1.82) is 0 Å². The van der Waals surface area contributed by atoms with Crippen LogP contribution in [0.5, 0.6) is 5.75 Å². The van der Waals surface area contributed by atoms with Gasteiger partial charge in [0.05, 0.1) is 18.5 Å². The van der Waals surface area contributed by atoms with Crippen LogP contribution in [0.4, 0.5) is 5.69 Å². The molecule has 0 aliphatic carbocycles. The van der Waals surface area contributed by atoms with Crippen LogP contribution in [0.2, 0.25) is 0 Å². The minimum Gasteiger partial charge on any atom is -0.506 e. The van der Waals surface area contributed by atoms with E-state index in [1.807, 2.05) is 36.4 Å². The summed E-state index contributed by atoms with van der Waals surface area (Å²) in [4.78, 5) is 12.1. The van der Waals surface area contributed by atoms with Crippen molar-refractivity contribution >= 4 is 28.6 Å². The molecule has 6 heteroatoms. The maximum atomic E-state index is 12.1. The van der Waals surface area contributed by atoms with Crippen LogP contribution in [0.1, 0.15) is 21.5 Å². The van der Waals surface area contributed by atoms with Gasteiger partial charge >= 0.3 is 0 Å². The predicted octanol–water partition coefficient (Wildman–Crippen LogP) is 2.38. The van der Waals surface area contributed by atoms with E-state index in [-0.39, 0.29) is 18.0 Å². The molecule has 0 spiro atoms. The number of aliphatic hydroxyl groups is 1. The Morgan fingerprint density at radius 2 is 1.88 bits per heavy atom. The zero-order chi connectivity index (χ0) is 17.8. The molecule has 0 radical (unpaired) electrons. The highest BCUT2D eigenvalue weighted by Crippen LogP contribution is 2.22. The number of anilines is 1. The van der Waals surface area contributed by atoms with E-state index in [9.17, 15) is 15.0 Å². The van der Waals surface area contributed by atoms with Gasteiger partial charge in [0, 0.05) is 11.1 Å². The lowest BCUT2D eigenvalue weighted by molar-refractivity contribution is 0.0955. The Kier molecular flexibility index (Phi) is 4.63. The topological polar surface area (TPSA) is 108 Å². The summed E-state index contributed by atoms with van der Waals surface area (Å²) >= 11 is 0. The van der Waals surface area contributed by atoms with Crippen LogP contribution in [0.3, 0.4) is 0 Å². The summed E-state index contributed by atoms with van der Waals surface area (Å²) in [6, 6.07) is 15.5. The van der Waals surface area contributed by atoms with E-state index in [0.29, 0.717) is 5.56 Å². The molecule has 0 bridgehead atoms. The number of nitrogen functional groups attached to an aromatic ring is 1. The summed E-state index contributed by atoms with van der Waals surface area (Å²) in [7, 11) is 0. The molecular weight excluding hydrogens is 318 g/mol. The largest absolute Gasteiger partial charge is 0.506 e. The second kappa shape index (κ2) is 7.02. The van der Waals surface area contributed by atoms with Gasteiger partial charge in [0.1, 0.15) is 5.75 Å². The fourth-order valence-electron chi connectivity index (χ4n) is 2.57. The van der Waals surface area contributed by atoms with Gasteiger partial charge in [-0.3, -0.25) is 4.79 Å². The Morgan fingerprint density at radius 3 is 2.64 bits per heavy atom. The van der Waals surface area contributed by atoms with Gasteiger partial charge in [-0.1, -0.05) is 36.4 Å². The fraction of sp³-hybridized carbons (Fsp3) is 0.0526. The molecule has 6 nitrogen and oxygen atoms in total. The lowest BCUT2D eigenvalue weighted by Gasteiger charge is -2.06. The van der Waals surface area contributed by atoms with Crippen LogP contribution in [0.15, 0.2) is 59.7 Å². The van der Waals surface area contributed by atoms with E-state index in [4.69, 9.17) is 5.73 Å². The van der Waals surface area contributed by atoms with E-state index >= 15 is 0 Å². The predicted molar refractivity (Wildman–Crippen MR) is 97.5 cm³/mol. The van der Waals surface area contributed by atoms with Crippen LogP contribution >= 0.6 is 0 Å². The van der Waals surface area contributed by atoms with Gasteiger partial charge in [-0.2, -0.15) is 5.10 Å². The Bertz CT molecular complexity index is 967. The lowest BCUT2D eigenvalue weighted by Crippen LogP contribution is -2.17. The Labute approximate surface area is 144 Å². The molecule has 0 aliphatic heterocycles. The highest BCUT2D eigenvalue weighted by molar-refractivity contribution is 6.02. The molecule has 0 atom stereocenters. The van der Waals surface area contributed by atoms with Crippen molar-refractivity contribution in [2.24, 2.45) is 5.10 Å². The number of carbonyl (C=O) groups is 1. The molecule has 25 heavy (non-hydrogen) atoms. The molecule has 0 aliphatic rings. The third-order valence-electron chi connectivity index (χ3n) is 3.88. The molecule has 0 heterocycles. The van der Waals surface area contributed by atoms with Crippen LogP contribution in [-0.4, -0.2) is 22.3 Å². The van der Waals surface area contributed by atoms with E-state index in [0.717, 1.165) is 21.9 Å². The number of aromatic hydroxyl groups is 1. The van der Waals surface area contributed by atoms with Gasteiger partial charge in [-0.05, 0) is 34.5 Å². The second-order valence-corrected chi connectivity index (χ2v) is 5.49. The number of nitrogens with one attached hydrogen (secondary N) is 1. The van der Waals surface area contributed by atoms with Crippen molar-refractivity contribution in [1.82, 2.24) is 5.43 Å². The normalized spacial score (nSPS) is 11.1. The van der Waals surface area contributed by atoms with Gasteiger partial charge < -0.3 is 15.9 Å². The number of hydrogen-bond donors (Lipinski definition) is 4. The third kappa shape index (κ3) is 3.44. The number of amides is 1. The van der Waals surface area contributed by atoms with Crippen molar-refractivity contribution in [3.63, 3.8) is 0 Å². The van der Waals surface area contributed by atoms with Crippen molar-refractivity contribution in [3.05, 3.63) is 71.3 Å². The molecule has 0 aromatic heterocycles. The first kappa shape index (κ1) is 16.5. The first-order chi connectivity index (χ1) is 12.1. The zero-order valence-corrected chi connectivity index (χ0v) is 13.3. The van der Waals surface area contributed by atoms with E-state index < -0.39 is 5.91 Å². The van der Waals surface area contributed by atoms with E-state index in [2.05, 4.69) is 10.5 Å². The van der Waals surface area contributed by atoms with E-state index in [1.54, 1.807) is 6.21 Å². The SMILES string of the molecule is Nc1cc(C(=O)N/N=C/c2cccc3c(CO)cccc23)ccc1O. The summed E-state index contributed by atoms with van der Waals surface area (Å²) in [5.74, 6) is -0.505. The molecule has 3 rings (SSSR count). The monoisotopic (exact) mass is 335 g/mol. The maximum Gasteiger partial charge on any atom is 0.271 e. The average Bonchev–Trinajstić information content (AvgIpc) is 2.63. The highest BCUT2D eigenvalue weighted by Gasteiger charge is 2.07. The Balaban J connectivity index is 1.81. The molecule has 0 saturated carbocycles. The summed E-state index contributed by atoms with van der Waals surface area (Å²) in [6.07, 6.45) is 1.55. The van der Waals surface area contributed by atoms with Gasteiger partial charge in [-0.25, -0.2) is 5.43 Å². The molecule has 126 valence electrons. The van der Waals surface area contributed by atoms with Gasteiger partial charge in [0.15, 0.2) is 0 Å². The lowest BCUT2D eigenvalue weighted by atomic mass is 10.0. The Hall–Kier alpha value is -3.38. The Morgan fingerprint density at radius 1 is 1.12 bits per heavy atom. The standard InChI is InChI=1S/C19H17N3O3/c20-17-9-12(7-8-18(17)24)19(25)22-21-10-13-3-1-6-16-14(11-23)4-2-5-15(13)16/h1-10,23-24H,11,20H2,(H,22,25)/b21-10+. The number of fused-ring (bicyclic) bond motifs is 1. The average molecular weight is 335 g/mol. The fourth-order valence-corrected chi connectivity index (χ4v) is 2.57. The van der Waals surface area contributed by atoms with Crippen molar-refractivity contribution in [3.8, 4) is 5.75 Å². The number of benzene rings is 3. The van der Waals surface area contributed by atoms with Gasteiger partial charge in [0.2, 0.25) is 0 Å². The number of nitrogens with two attached hydrogens (primary N) is 1. The van der Waals surface area contributed by atoms with Gasteiger partial charge in [-0.15, -0.1) is 0 Å². The maximum absolute atomic E-state index is 12.1. The molecule has 3 aromatic rings. The third-order valence-corrected chi connectivity index (χ3v) is 3.88. The first-order valence-corrected chi connectivity index (χ1v) is 7.63. The van der Waals surface area contributed by atoms with Crippen LogP contribution in [0, 0.1) is 0 Å². The summed E-state index contributed by atoms with van der Waals surface area (Å²) in [6.45, 7) is -0.0447. The molecule has 3 aromatic carbocycles. The molecule has 1 amide bonds. The number of aliphatic hydroxyl groups excluding tert-OH is 1. The summed E-state index contributed by atoms with van der Waals surface area (Å²) < 4.78 is 0. The van der Waals surface area contributed by atoms with Gasteiger partial charge in [0.25, 0.3) is 5.91 Å². The molecule has 5 N–H and O–H groups in total. The highest BCUT2D eigenvalue weighted by atomic mass is 16.3. The summed E-state index contributed by atoms with van der Waals surface area (Å²) in [5, 5.41) is 24.7. The number of carbonyl (C=O) groups excluding carboxylic acids is 1. The number of phenolic OH excluding ortho intramolecular Hbond substituents is 1.